The minimum atomic E-state index is 0.0286. The molecule has 0 saturated heterocycles. The highest BCUT2D eigenvalue weighted by Crippen LogP contribution is 2.03. The van der Waals surface area contributed by atoms with Gasteiger partial charge in [-0.05, 0) is 17.7 Å². The molecule has 21 heavy (non-hydrogen) atoms. The van der Waals surface area contributed by atoms with Crippen LogP contribution in [-0.4, -0.2) is 16.5 Å². The monoisotopic (exact) mass is 285 g/mol. The van der Waals surface area contributed by atoms with Crippen LogP contribution < -0.4 is 10.6 Å². The summed E-state index contributed by atoms with van der Waals surface area (Å²) in [6.45, 7) is 5.92. The molecule has 2 N–H and O–H groups in total. The van der Waals surface area contributed by atoms with Crippen LogP contribution in [0.1, 0.15) is 25.1 Å². The zero-order valence-electron chi connectivity index (χ0n) is 12.7. The molecule has 0 aliphatic rings. The van der Waals surface area contributed by atoms with Gasteiger partial charge in [0.1, 0.15) is 6.54 Å². The van der Waals surface area contributed by atoms with Crippen LogP contribution in [0.2, 0.25) is 0 Å². The van der Waals surface area contributed by atoms with Crippen molar-refractivity contribution in [3.63, 3.8) is 0 Å². The minimum absolute atomic E-state index is 0.0286. The molecule has 0 aliphatic carbocycles. The number of carbonyl (C=O) groups is 1. The topological polar surface area (TPSA) is 46.1 Å². The molecule has 4 nitrogen and oxygen atoms in total. The summed E-state index contributed by atoms with van der Waals surface area (Å²) < 4.78 is 1.98. The van der Waals surface area contributed by atoms with Gasteiger partial charge in [0.25, 0.3) is 0 Å². The lowest BCUT2D eigenvalue weighted by atomic mass is 10.2. The van der Waals surface area contributed by atoms with Gasteiger partial charge in [0.05, 0.1) is 0 Å². The number of hydrogen-bond acceptors (Lipinski definition) is 2. The standard InChI is InChI=1S/C17H23N3O/c1-14(2)18-12-16-9-6-10-20(16)13-17(21)19-11-15-7-4-3-5-8-15/h3-10,14,18H,11-13H2,1-2H3,(H,19,21). The Labute approximate surface area is 126 Å². The average Bonchev–Trinajstić information content (AvgIpc) is 2.91. The van der Waals surface area contributed by atoms with Crippen LogP contribution in [0.4, 0.5) is 0 Å². The summed E-state index contributed by atoms with van der Waals surface area (Å²) >= 11 is 0. The van der Waals surface area contributed by atoms with E-state index in [1.807, 2.05) is 53.2 Å². The van der Waals surface area contributed by atoms with Crippen molar-refractivity contribution in [2.24, 2.45) is 0 Å². The first-order valence-corrected chi connectivity index (χ1v) is 7.33. The van der Waals surface area contributed by atoms with Crippen LogP contribution in [0.3, 0.4) is 0 Å². The van der Waals surface area contributed by atoms with Crippen molar-refractivity contribution in [2.75, 3.05) is 0 Å². The first-order chi connectivity index (χ1) is 10.1. The molecule has 1 aromatic carbocycles. The first kappa shape index (κ1) is 15.3. The smallest absolute Gasteiger partial charge is 0.240 e. The molecule has 112 valence electrons. The SMILES string of the molecule is CC(C)NCc1cccn1CC(=O)NCc1ccccc1. The fourth-order valence-electron chi connectivity index (χ4n) is 2.08. The summed E-state index contributed by atoms with van der Waals surface area (Å²) in [5.41, 5.74) is 2.23. The number of nitrogens with zero attached hydrogens (tertiary/aromatic N) is 1. The van der Waals surface area contributed by atoms with Crippen LogP contribution in [-0.2, 0) is 24.4 Å². The first-order valence-electron chi connectivity index (χ1n) is 7.33. The van der Waals surface area contributed by atoms with E-state index in [-0.39, 0.29) is 5.91 Å². The van der Waals surface area contributed by atoms with E-state index in [1.54, 1.807) is 0 Å². The average molecular weight is 285 g/mol. The maximum atomic E-state index is 12.0. The van der Waals surface area contributed by atoms with E-state index in [9.17, 15) is 4.79 Å². The third-order valence-electron chi connectivity index (χ3n) is 3.26. The summed E-state index contributed by atoms with van der Waals surface area (Å²) in [4.78, 5) is 12.0. The number of carbonyl (C=O) groups excluding carboxylic acids is 1. The molecule has 2 rings (SSSR count). The maximum absolute atomic E-state index is 12.0. The number of amides is 1. The predicted octanol–water partition coefficient (Wildman–Crippen LogP) is 2.30. The fraction of sp³-hybridized carbons (Fsp3) is 0.353. The summed E-state index contributed by atoms with van der Waals surface area (Å²) in [7, 11) is 0. The Hall–Kier alpha value is -2.07. The van der Waals surface area contributed by atoms with Crippen molar-refractivity contribution in [1.29, 1.82) is 0 Å². The molecule has 1 aromatic heterocycles. The molecule has 4 heteroatoms. The lowest BCUT2D eigenvalue weighted by Gasteiger charge is -2.12. The number of nitrogens with one attached hydrogen (secondary N) is 2. The number of rotatable bonds is 7. The molecular weight excluding hydrogens is 262 g/mol. The van der Waals surface area contributed by atoms with Gasteiger partial charge >= 0.3 is 0 Å². The number of hydrogen-bond donors (Lipinski definition) is 2. The van der Waals surface area contributed by atoms with Gasteiger partial charge in [-0.1, -0.05) is 44.2 Å². The number of aromatic nitrogens is 1. The maximum Gasteiger partial charge on any atom is 0.240 e. The zero-order chi connectivity index (χ0) is 15.1. The van der Waals surface area contributed by atoms with Crippen molar-refractivity contribution >= 4 is 5.91 Å². The van der Waals surface area contributed by atoms with Gasteiger partial charge in [-0.3, -0.25) is 4.79 Å². The molecule has 0 bridgehead atoms. The minimum Gasteiger partial charge on any atom is -0.350 e. The van der Waals surface area contributed by atoms with Gasteiger partial charge in [-0.2, -0.15) is 0 Å². The molecule has 0 fully saturated rings. The van der Waals surface area contributed by atoms with E-state index in [1.165, 1.54) is 0 Å². The zero-order valence-corrected chi connectivity index (χ0v) is 12.7. The third-order valence-corrected chi connectivity index (χ3v) is 3.26. The van der Waals surface area contributed by atoms with Crippen LogP contribution in [0.15, 0.2) is 48.7 Å². The van der Waals surface area contributed by atoms with Crippen molar-refractivity contribution in [3.8, 4) is 0 Å². The second-order valence-electron chi connectivity index (χ2n) is 5.43. The second kappa shape index (κ2) is 7.64. The van der Waals surface area contributed by atoms with Gasteiger partial charge in [-0.25, -0.2) is 0 Å². The van der Waals surface area contributed by atoms with Crippen LogP contribution in [0, 0.1) is 0 Å². The van der Waals surface area contributed by atoms with E-state index in [4.69, 9.17) is 0 Å². The molecule has 0 atom stereocenters. The summed E-state index contributed by atoms with van der Waals surface area (Å²) in [5.74, 6) is 0.0286. The van der Waals surface area contributed by atoms with E-state index in [0.29, 0.717) is 19.1 Å². The Morgan fingerprint density at radius 3 is 2.57 bits per heavy atom. The molecule has 0 spiro atoms. The van der Waals surface area contributed by atoms with Crippen molar-refractivity contribution < 1.29 is 4.79 Å². The summed E-state index contributed by atoms with van der Waals surface area (Å²) in [6.07, 6.45) is 1.94. The van der Waals surface area contributed by atoms with Crippen LogP contribution in [0.5, 0.6) is 0 Å². The molecule has 0 unspecified atom stereocenters. The Balaban J connectivity index is 1.84. The van der Waals surface area contributed by atoms with Gasteiger partial charge in [-0.15, -0.1) is 0 Å². The molecule has 0 aliphatic heterocycles. The normalized spacial score (nSPS) is 10.8. The molecular formula is C17H23N3O. The van der Waals surface area contributed by atoms with Crippen LogP contribution >= 0.6 is 0 Å². The summed E-state index contributed by atoms with van der Waals surface area (Å²) in [5, 5.41) is 6.32. The molecule has 0 saturated carbocycles. The quantitative estimate of drug-likeness (QED) is 0.820. The predicted molar refractivity (Wildman–Crippen MR) is 84.7 cm³/mol. The lowest BCUT2D eigenvalue weighted by molar-refractivity contribution is -0.121. The number of benzene rings is 1. The Morgan fingerprint density at radius 2 is 1.86 bits per heavy atom. The molecule has 0 radical (unpaired) electrons. The van der Waals surface area contributed by atoms with Crippen molar-refractivity contribution in [3.05, 3.63) is 59.9 Å². The van der Waals surface area contributed by atoms with E-state index in [0.717, 1.165) is 17.8 Å². The highest BCUT2D eigenvalue weighted by atomic mass is 16.1. The highest BCUT2D eigenvalue weighted by molar-refractivity contribution is 5.75. The largest absolute Gasteiger partial charge is 0.350 e. The third kappa shape index (κ3) is 5.08. The molecule has 1 amide bonds. The van der Waals surface area contributed by atoms with E-state index < -0.39 is 0 Å². The highest BCUT2D eigenvalue weighted by Gasteiger charge is 2.06. The fourth-order valence-corrected chi connectivity index (χ4v) is 2.08. The molecule has 1 heterocycles. The molecule has 2 aromatic rings. The van der Waals surface area contributed by atoms with E-state index >= 15 is 0 Å². The Bertz CT molecular complexity index is 560. The van der Waals surface area contributed by atoms with Gasteiger partial charge in [0.15, 0.2) is 0 Å². The van der Waals surface area contributed by atoms with Gasteiger partial charge in [0.2, 0.25) is 5.91 Å². The Kier molecular flexibility index (Phi) is 5.58. The van der Waals surface area contributed by atoms with Crippen LogP contribution in [0.25, 0.3) is 0 Å². The summed E-state index contributed by atoms with van der Waals surface area (Å²) in [6, 6.07) is 14.4. The lowest BCUT2D eigenvalue weighted by Crippen LogP contribution is -2.29. The second-order valence-corrected chi connectivity index (χ2v) is 5.43. The van der Waals surface area contributed by atoms with Gasteiger partial charge in [0, 0.05) is 31.0 Å². The Morgan fingerprint density at radius 1 is 1.10 bits per heavy atom. The van der Waals surface area contributed by atoms with Crippen molar-refractivity contribution in [2.45, 2.75) is 39.5 Å². The van der Waals surface area contributed by atoms with Crippen molar-refractivity contribution in [1.82, 2.24) is 15.2 Å². The van der Waals surface area contributed by atoms with Gasteiger partial charge < -0.3 is 15.2 Å². The van der Waals surface area contributed by atoms with E-state index in [2.05, 4.69) is 24.5 Å².